The maximum atomic E-state index is 12.6. The molecule has 2 aliphatic rings. The highest BCUT2D eigenvalue weighted by Crippen LogP contribution is 2.35. The molecule has 2 aliphatic heterocycles. The normalized spacial score (nSPS) is 28.7. The van der Waals surface area contributed by atoms with E-state index >= 15 is 0 Å². The van der Waals surface area contributed by atoms with Crippen molar-refractivity contribution in [2.24, 2.45) is 0 Å². The van der Waals surface area contributed by atoms with E-state index < -0.39 is 28.9 Å². The van der Waals surface area contributed by atoms with Crippen LogP contribution in [0.25, 0.3) is 0 Å². The Labute approximate surface area is 154 Å². The first-order valence-corrected chi connectivity index (χ1v) is 8.86. The minimum Gasteiger partial charge on any atom is -0.444 e. The molecule has 2 amide bonds. The predicted octanol–water partition coefficient (Wildman–Crippen LogP) is 2.57. The van der Waals surface area contributed by atoms with Crippen LogP contribution in [0.4, 0.5) is 9.59 Å². The van der Waals surface area contributed by atoms with Crippen LogP contribution >= 0.6 is 0 Å². The standard InChI is InChI=1S/C18H29N3O5/c1-16(2,3)25-14(22)20-18(11-19)7-12-9-24-10-13(8-18)21(12)15(23)26-17(4,5)6/h12-13H,7-10H2,1-6H3,(H,20,22). The van der Waals surface area contributed by atoms with Gasteiger partial charge in [0.15, 0.2) is 0 Å². The van der Waals surface area contributed by atoms with Gasteiger partial charge in [0, 0.05) is 12.8 Å². The summed E-state index contributed by atoms with van der Waals surface area (Å²) in [5.74, 6) is 0. The van der Waals surface area contributed by atoms with Crippen LogP contribution in [0.1, 0.15) is 54.4 Å². The quantitative estimate of drug-likeness (QED) is 0.764. The van der Waals surface area contributed by atoms with Crippen LogP contribution in [-0.2, 0) is 14.2 Å². The average Bonchev–Trinajstić information content (AvgIpc) is 2.42. The maximum absolute atomic E-state index is 12.6. The first kappa shape index (κ1) is 20.3. The second-order valence-corrected chi connectivity index (χ2v) is 8.96. The molecule has 0 aromatic heterocycles. The zero-order valence-electron chi connectivity index (χ0n) is 16.4. The van der Waals surface area contributed by atoms with Gasteiger partial charge in [0.25, 0.3) is 0 Å². The second kappa shape index (κ2) is 6.95. The smallest absolute Gasteiger partial charge is 0.410 e. The molecule has 0 saturated carbocycles. The zero-order valence-corrected chi connectivity index (χ0v) is 16.4. The molecule has 0 aromatic rings. The molecule has 0 spiro atoms. The number of carbonyl (C=O) groups excluding carboxylic acids is 2. The monoisotopic (exact) mass is 367 g/mol. The number of fused-ring (bicyclic) bond motifs is 2. The number of amides is 2. The van der Waals surface area contributed by atoms with Gasteiger partial charge in [-0.05, 0) is 41.5 Å². The van der Waals surface area contributed by atoms with Gasteiger partial charge < -0.3 is 19.5 Å². The molecular weight excluding hydrogens is 338 g/mol. The van der Waals surface area contributed by atoms with E-state index in [-0.39, 0.29) is 24.9 Å². The summed E-state index contributed by atoms with van der Waals surface area (Å²) in [7, 11) is 0. The first-order chi connectivity index (χ1) is 11.8. The fourth-order valence-corrected chi connectivity index (χ4v) is 3.33. The third-order valence-electron chi connectivity index (χ3n) is 4.13. The minimum absolute atomic E-state index is 0.262. The van der Waals surface area contributed by atoms with Crippen molar-refractivity contribution in [2.45, 2.75) is 83.2 Å². The first-order valence-electron chi connectivity index (χ1n) is 8.86. The number of nitriles is 1. The number of hydrogen-bond donors (Lipinski definition) is 1. The summed E-state index contributed by atoms with van der Waals surface area (Å²) in [6.07, 6.45) is -0.528. The third-order valence-corrected chi connectivity index (χ3v) is 4.13. The summed E-state index contributed by atoms with van der Waals surface area (Å²) in [5.41, 5.74) is -2.36. The number of ether oxygens (including phenoxy) is 3. The molecule has 2 unspecified atom stereocenters. The van der Waals surface area contributed by atoms with Gasteiger partial charge in [0.2, 0.25) is 0 Å². The molecule has 2 fully saturated rings. The molecule has 0 aromatic carbocycles. The largest absolute Gasteiger partial charge is 0.444 e. The van der Waals surface area contributed by atoms with E-state index in [0.29, 0.717) is 13.2 Å². The SMILES string of the molecule is CC(C)(C)OC(=O)NC1(C#N)CC2COCC(C1)N2C(=O)OC(C)(C)C. The van der Waals surface area contributed by atoms with E-state index in [1.807, 2.05) is 20.8 Å². The molecule has 2 rings (SSSR count). The van der Waals surface area contributed by atoms with Gasteiger partial charge in [-0.2, -0.15) is 5.26 Å². The Morgan fingerprint density at radius 1 is 1.08 bits per heavy atom. The van der Waals surface area contributed by atoms with Crippen molar-refractivity contribution in [2.75, 3.05) is 13.2 Å². The number of carbonyl (C=O) groups is 2. The van der Waals surface area contributed by atoms with E-state index in [4.69, 9.17) is 14.2 Å². The highest BCUT2D eigenvalue weighted by atomic mass is 16.6. The van der Waals surface area contributed by atoms with Crippen molar-refractivity contribution in [1.29, 1.82) is 5.26 Å². The van der Waals surface area contributed by atoms with Gasteiger partial charge >= 0.3 is 12.2 Å². The molecule has 0 aliphatic carbocycles. The van der Waals surface area contributed by atoms with E-state index in [2.05, 4.69) is 11.4 Å². The number of nitrogens with one attached hydrogen (secondary N) is 1. The molecule has 2 bridgehead atoms. The highest BCUT2D eigenvalue weighted by molar-refractivity contribution is 5.71. The van der Waals surface area contributed by atoms with Crippen molar-refractivity contribution in [1.82, 2.24) is 10.2 Å². The van der Waals surface area contributed by atoms with Crippen LogP contribution < -0.4 is 5.32 Å². The van der Waals surface area contributed by atoms with Gasteiger partial charge in [-0.3, -0.25) is 4.90 Å². The molecule has 0 radical (unpaired) electrons. The molecule has 2 heterocycles. The number of alkyl carbamates (subject to hydrolysis) is 1. The fraction of sp³-hybridized carbons (Fsp3) is 0.833. The van der Waals surface area contributed by atoms with Gasteiger partial charge in [0.1, 0.15) is 16.7 Å². The van der Waals surface area contributed by atoms with Crippen LogP contribution in [0.3, 0.4) is 0 Å². The van der Waals surface area contributed by atoms with E-state index in [9.17, 15) is 14.9 Å². The number of nitrogens with zero attached hydrogens (tertiary/aromatic N) is 2. The van der Waals surface area contributed by atoms with Crippen molar-refractivity contribution < 1.29 is 23.8 Å². The van der Waals surface area contributed by atoms with E-state index in [1.165, 1.54) is 0 Å². The Bertz CT molecular complexity index is 585. The summed E-state index contributed by atoms with van der Waals surface area (Å²) in [4.78, 5) is 26.4. The van der Waals surface area contributed by atoms with Gasteiger partial charge in [0.05, 0.1) is 31.4 Å². The Morgan fingerprint density at radius 2 is 1.58 bits per heavy atom. The predicted molar refractivity (Wildman–Crippen MR) is 93.4 cm³/mol. The average molecular weight is 367 g/mol. The minimum atomic E-state index is -1.10. The number of rotatable bonds is 1. The van der Waals surface area contributed by atoms with E-state index in [1.54, 1.807) is 25.7 Å². The van der Waals surface area contributed by atoms with E-state index in [0.717, 1.165) is 0 Å². The molecule has 26 heavy (non-hydrogen) atoms. The lowest BCUT2D eigenvalue weighted by Crippen LogP contribution is -2.67. The summed E-state index contributed by atoms with van der Waals surface area (Å²) in [6.45, 7) is 11.3. The summed E-state index contributed by atoms with van der Waals surface area (Å²) >= 11 is 0. The maximum Gasteiger partial charge on any atom is 0.410 e. The molecular formula is C18H29N3O5. The molecule has 1 N–H and O–H groups in total. The molecule has 146 valence electrons. The lowest BCUT2D eigenvalue weighted by Gasteiger charge is -2.50. The number of morpholine rings is 1. The van der Waals surface area contributed by atoms with Crippen LogP contribution in [0, 0.1) is 11.3 Å². The fourth-order valence-electron chi connectivity index (χ4n) is 3.33. The number of hydrogen-bond acceptors (Lipinski definition) is 6. The van der Waals surface area contributed by atoms with Crippen molar-refractivity contribution >= 4 is 12.2 Å². The summed E-state index contributed by atoms with van der Waals surface area (Å²) < 4.78 is 16.4. The van der Waals surface area contributed by atoms with Gasteiger partial charge in [-0.25, -0.2) is 9.59 Å². The summed E-state index contributed by atoms with van der Waals surface area (Å²) in [5, 5.41) is 12.5. The Balaban J connectivity index is 2.15. The topological polar surface area (TPSA) is 101 Å². The lowest BCUT2D eigenvalue weighted by atomic mass is 9.79. The Hall–Kier alpha value is -2.01. The van der Waals surface area contributed by atoms with Crippen molar-refractivity contribution in [3.63, 3.8) is 0 Å². The highest BCUT2D eigenvalue weighted by Gasteiger charge is 2.51. The van der Waals surface area contributed by atoms with Gasteiger partial charge in [-0.1, -0.05) is 0 Å². The van der Waals surface area contributed by atoms with Crippen molar-refractivity contribution in [3.05, 3.63) is 0 Å². The second-order valence-electron chi connectivity index (χ2n) is 8.96. The third kappa shape index (κ3) is 5.01. The molecule has 8 heteroatoms. The van der Waals surface area contributed by atoms with Crippen LogP contribution in [0.15, 0.2) is 0 Å². The van der Waals surface area contributed by atoms with Crippen LogP contribution in [-0.4, -0.2) is 59.1 Å². The van der Waals surface area contributed by atoms with Gasteiger partial charge in [-0.15, -0.1) is 0 Å². The van der Waals surface area contributed by atoms with Crippen LogP contribution in [0.2, 0.25) is 0 Å². The van der Waals surface area contributed by atoms with Crippen molar-refractivity contribution in [3.8, 4) is 6.07 Å². The number of piperidine rings is 1. The lowest BCUT2D eigenvalue weighted by molar-refractivity contribution is -0.0915. The Morgan fingerprint density at radius 3 is 2.00 bits per heavy atom. The zero-order chi connectivity index (χ0) is 19.8. The molecule has 2 saturated heterocycles. The summed E-state index contributed by atoms with van der Waals surface area (Å²) in [6, 6.07) is 1.54. The Kier molecular flexibility index (Phi) is 5.43. The molecule has 8 nitrogen and oxygen atoms in total. The van der Waals surface area contributed by atoms with Crippen LogP contribution in [0.5, 0.6) is 0 Å². The molecule has 2 atom stereocenters.